The second-order valence-electron chi connectivity index (χ2n) is 6.93. The van der Waals surface area contributed by atoms with Crippen molar-refractivity contribution in [2.75, 3.05) is 13.1 Å². The molecule has 1 amide bonds. The average molecular weight is 289 g/mol. The van der Waals surface area contributed by atoms with Crippen molar-refractivity contribution >= 4 is 5.91 Å². The van der Waals surface area contributed by atoms with Gasteiger partial charge >= 0.3 is 0 Å². The Bertz CT molecular complexity index is 410. The van der Waals surface area contributed by atoms with Crippen molar-refractivity contribution in [2.24, 2.45) is 11.8 Å². The van der Waals surface area contributed by atoms with E-state index >= 15 is 0 Å². The molecule has 0 saturated carbocycles. The smallest absolute Gasteiger partial charge is 0.222 e. The zero-order chi connectivity index (χ0) is 15.8. The quantitative estimate of drug-likeness (QED) is 0.692. The first kappa shape index (κ1) is 17.7. The van der Waals surface area contributed by atoms with Gasteiger partial charge in [0.1, 0.15) is 0 Å². The van der Waals surface area contributed by atoms with Crippen molar-refractivity contribution in [1.29, 1.82) is 0 Å². The van der Waals surface area contributed by atoms with E-state index in [2.05, 4.69) is 58.9 Å². The van der Waals surface area contributed by atoms with Crippen LogP contribution in [0.25, 0.3) is 0 Å². The lowest BCUT2D eigenvalue weighted by molar-refractivity contribution is -0.132. The molecule has 0 unspecified atom stereocenters. The maximum atomic E-state index is 12.4. The lowest BCUT2D eigenvalue weighted by Gasteiger charge is -2.26. The average Bonchev–Trinajstić information content (AvgIpc) is 2.39. The van der Waals surface area contributed by atoms with E-state index in [0.717, 1.165) is 25.9 Å². The Morgan fingerprint density at radius 1 is 1.00 bits per heavy atom. The van der Waals surface area contributed by atoms with E-state index in [1.54, 1.807) is 0 Å². The third kappa shape index (κ3) is 7.31. The summed E-state index contributed by atoms with van der Waals surface area (Å²) in [6.07, 6.45) is 2.59. The Labute approximate surface area is 130 Å². The summed E-state index contributed by atoms with van der Waals surface area (Å²) in [5.74, 6) is 1.37. The monoisotopic (exact) mass is 289 g/mol. The van der Waals surface area contributed by atoms with Gasteiger partial charge < -0.3 is 4.90 Å². The first-order chi connectivity index (χ1) is 9.88. The molecule has 0 radical (unpaired) electrons. The molecule has 0 N–H and O–H groups in total. The highest BCUT2D eigenvalue weighted by Crippen LogP contribution is 2.11. The van der Waals surface area contributed by atoms with Gasteiger partial charge in [0.25, 0.3) is 0 Å². The van der Waals surface area contributed by atoms with E-state index in [1.807, 2.05) is 4.90 Å². The Kier molecular flexibility index (Phi) is 7.49. The largest absolute Gasteiger partial charge is 0.342 e. The number of hydrogen-bond donors (Lipinski definition) is 0. The maximum Gasteiger partial charge on any atom is 0.222 e. The Hall–Kier alpha value is -1.31. The highest BCUT2D eigenvalue weighted by Gasteiger charge is 2.15. The van der Waals surface area contributed by atoms with Crippen molar-refractivity contribution in [1.82, 2.24) is 4.90 Å². The summed E-state index contributed by atoms with van der Waals surface area (Å²) in [7, 11) is 0. The van der Waals surface area contributed by atoms with Crippen molar-refractivity contribution in [2.45, 2.75) is 53.9 Å². The summed E-state index contributed by atoms with van der Waals surface area (Å²) < 4.78 is 0. The van der Waals surface area contributed by atoms with Gasteiger partial charge in [-0.3, -0.25) is 4.79 Å². The maximum absolute atomic E-state index is 12.4. The van der Waals surface area contributed by atoms with Crippen molar-refractivity contribution in [3.05, 3.63) is 35.4 Å². The first-order valence-corrected chi connectivity index (χ1v) is 8.21. The van der Waals surface area contributed by atoms with Crippen LogP contribution in [0.4, 0.5) is 0 Å². The normalized spacial score (nSPS) is 11.2. The highest BCUT2D eigenvalue weighted by molar-refractivity contribution is 5.76. The number of benzene rings is 1. The molecule has 0 atom stereocenters. The van der Waals surface area contributed by atoms with Crippen LogP contribution >= 0.6 is 0 Å². The number of rotatable bonds is 8. The summed E-state index contributed by atoms with van der Waals surface area (Å²) in [6, 6.07) is 8.61. The van der Waals surface area contributed by atoms with E-state index in [-0.39, 0.29) is 0 Å². The molecular formula is C19H31NO. The van der Waals surface area contributed by atoms with Gasteiger partial charge in [0, 0.05) is 19.5 Å². The molecule has 0 bridgehead atoms. The number of amides is 1. The molecule has 1 rings (SSSR count). The van der Waals surface area contributed by atoms with Crippen molar-refractivity contribution < 1.29 is 4.79 Å². The van der Waals surface area contributed by atoms with Gasteiger partial charge in [-0.25, -0.2) is 0 Å². The minimum absolute atomic E-state index is 0.310. The predicted molar refractivity (Wildman–Crippen MR) is 90.4 cm³/mol. The minimum Gasteiger partial charge on any atom is -0.342 e. The molecule has 2 heteroatoms. The number of aryl methyl sites for hydroxylation is 2. The van der Waals surface area contributed by atoms with Crippen LogP contribution < -0.4 is 0 Å². The SMILES string of the molecule is Cc1ccc(CCCC(=O)N(CC(C)C)CC(C)C)cc1. The van der Waals surface area contributed by atoms with Crippen molar-refractivity contribution in [3.63, 3.8) is 0 Å². The van der Waals surface area contributed by atoms with E-state index in [1.165, 1.54) is 11.1 Å². The van der Waals surface area contributed by atoms with Crippen molar-refractivity contribution in [3.8, 4) is 0 Å². The molecule has 1 aromatic carbocycles. The van der Waals surface area contributed by atoms with Gasteiger partial charge in [-0.1, -0.05) is 57.5 Å². The number of nitrogens with zero attached hydrogens (tertiary/aromatic N) is 1. The van der Waals surface area contributed by atoms with Crippen LogP contribution in [0.15, 0.2) is 24.3 Å². The lowest BCUT2D eigenvalue weighted by atomic mass is 10.1. The molecule has 0 aliphatic rings. The van der Waals surface area contributed by atoms with Gasteiger partial charge in [0.2, 0.25) is 5.91 Å². The van der Waals surface area contributed by atoms with Gasteiger partial charge in [-0.15, -0.1) is 0 Å². The van der Waals surface area contributed by atoms with Crippen LogP contribution in [-0.4, -0.2) is 23.9 Å². The summed E-state index contributed by atoms with van der Waals surface area (Å²) in [4.78, 5) is 14.4. The van der Waals surface area contributed by atoms with E-state index in [9.17, 15) is 4.79 Å². The predicted octanol–water partition coefficient (Wildman–Crippen LogP) is 4.46. The molecule has 0 saturated heterocycles. The Morgan fingerprint density at radius 2 is 1.52 bits per heavy atom. The van der Waals surface area contributed by atoms with Gasteiger partial charge in [-0.05, 0) is 37.2 Å². The molecule has 118 valence electrons. The fourth-order valence-electron chi connectivity index (χ4n) is 2.52. The third-order valence-corrected chi connectivity index (χ3v) is 3.50. The Morgan fingerprint density at radius 3 is 2.00 bits per heavy atom. The van der Waals surface area contributed by atoms with Crippen LogP contribution in [0.5, 0.6) is 0 Å². The summed E-state index contributed by atoms with van der Waals surface area (Å²) >= 11 is 0. The van der Waals surface area contributed by atoms with Crippen LogP contribution in [0.3, 0.4) is 0 Å². The molecule has 21 heavy (non-hydrogen) atoms. The molecule has 0 aliphatic carbocycles. The van der Waals surface area contributed by atoms with Gasteiger partial charge in [-0.2, -0.15) is 0 Å². The number of carbonyl (C=O) groups is 1. The molecular weight excluding hydrogens is 258 g/mol. The molecule has 0 aromatic heterocycles. The second-order valence-corrected chi connectivity index (χ2v) is 6.93. The zero-order valence-corrected chi connectivity index (χ0v) is 14.4. The van der Waals surface area contributed by atoms with Crippen LogP contribution in [-0.2, 0) is 11.2 Å². The summed E-state index contributed by atoms with van der Waals surface area (Å²) in [5, 5.41) is 0. The molecule has 0 spiro atoms. The fourth-order valence-corrected chi connectivity index (χ4v) is 2.52. The van der Waals surface area contributed by atoms with Crippen LogP contribution in [0, 0.1) is 18.8 Å². The number of carbonyl (C=O) groups excluding carboxylic acids is 1. The minimum atomic E-state index is 0.310. The Balaban J connectivity index is 2.43. The van der Waals surface area contributed by atoms with Gasteiger partial charge in [0.05, 0.1) is 0 Å². The van der Waals surface area contributed by atoms with E-state index in [4.69, 9.17) is 0 Å². The van der Waals surface area contributed by atoms with Crippen LogP contribution in [0.1, 0.15) is 51.7 Å². The standard InChI is InChI=1S/C19H31NO/c1-15(2)13-20(14-16(3)4)19(21)8-6-7-18-11-9-17(5)10-12-18/h9-12,15-16H,6-8,13-14H2,1-5H3. The number of hydrogen-bond acceptors (Lipinski definition) is 1. The van der Waals surface area contributed by atoms with E-state index in [0.29, 0.717) is 24.2 Å². The molecule has 1 aromatic rings. The third-order valence-electron chi connectivity index (χ3n) is 3.50. The second kappa shape index (κ2) is 8.86. The summed E-state index contributed by atoms with van der Waals surface area (Å²) in [5.41, 5.74) is 2.61. The lowest BCUT2D eigenvalue weighted by Crippen LogP contribution is -2.36. The molecule has 0 aliphatic heterocycles. The molecule has 0 fully saturated rings. The molecule has 2 nitrogen and oxygen atoms in total. The highest BCUT2D eigenvalue weighted by atomic mass is 16.2. The fraction of sp³-hybridized carbons (Fsp3) is 0.632. The summed E-state index contributed by atoms with van der Waals surface area (Å²) in [6.45, 7) is 12.5. The van der Waals surface area contributed by atoms with Gasteiger partial charge in [0.15, 0.2) is 0 Å². The topological polar surface area (TPSA) is 20.3 Å². The zero-order valence-electron chi connectivity index (χ0n) is 14.4. The van der Waals surface area contributed by atoms with E-state index < -0.39 is 0 Å². The molecule has 0 heterocycles. The first-order valence-electron chi connectivity index (χ1n) is 8.21. The van der Waals surface area contributed by atoms with Crippen LogP contribution in [0.2, 0.25) is 0 Å².